The number of ether oxygens (including phenoxy) is 1. The zero-order chi connectivity index (χ0) is 22.4. The van der Waals surface area contributed by atoms with Crippen LogP contribution in [0.5, 0.6) is 5.75 Å². The van der Waals surface area contributed by atoms with Crippen molar-refractivity contribution >= 4 is 22.0 Å². The molecule has 0 aliphatic heterocycles. The van der Waals surface area contributed by atoms with E-state index in [0.29, 0.717) is 30.9 Å². The molecule has 0 aliphatic carbocycles. The number of sulfonamides is 1. The molecule has 6 N–H and O–H groups in total. The first kappa shape index (κ1) is 25.7. The lowest BCUT2D eigenvalue weighted by Crippen LogP contribution is -2.43. The first-order valence-corrected chi connectivity index (χ1v) is 11.9. The Kier molecular flexibility index (Phi) is 11.8. The summed E-state index contributed by atoms with van der Waals surface area (Å²) in [5, 5.41) is 9.35. The highest BCUT2D eigenvalue weighted by Gasteiger charge is 2.24. The Morgan fingerprint density at radius 3 is 2.40 bits per heavy atom. The molecule has 0 radical (unpaired) electrons. The molecule has 1 rings (SSSR count). The van der Waals surface area contributed by atoms with Gasteiger partial charge >= 0.3 is 5.97 Å². The fourth-order valence-corrected chi connectivity index (χ4v) is 4.12. The van der Waals surface area contributed by atoms with E-state index in [4.69, 9.17) is 16.2 Å². The van der Waals surface area contributed by atoms with Gasteiger partial charge in [0.2, 0.25) is 10.0 Å². The molecule has 0 fully saturated rings. The van der Waals surface area contributed by atoms with Gasteiger partial charge < -0.3 is 21.3 Å². The molecule has 0 saturated carbocycles. The number of unbranched alkanes of at least 4 members (excludes halogenated alkanes) is 4. The van der Waals surface area contributed by atoms with Crippen LogP contribution in [0.25, 0.3) is 0 Å². The van der Waals surface area contributed by atoms with Crippen LogP contribution < -0.4 is 20.9 Å². The highest BCUT2D eigenvalue weighted by atomic mass is 32.2. The molecule has 0 aromatic heterocycles. The third-order valence-corrected chi connectivity index (χ3v) is 5.84. The van der Waals surface area contributed by atoms with E-state index < -0.39 is 22.0 Å². The summed E-state index contributed by atoms with van der Waals surface area (Å²) < 4.78 is 32.0. The number of hydrogen-bond donors (Lipinski definition) is 4. The molecule has 0 heterocycles. The standard InChI is InChI=1S/C20H34N4O5S/c1-2-3-14-30(27,28)24-18(19(25)26)15-16-8-10-17(11-9-16)29-13-7-5-4-6-12-23-20(21)22/h8-11,18,24H,2-7,12-15H2,1H3,(H,25,26)(H4,21,22,23). The number of nitrogens with zero attached hydrogens (tertiary/aromatic N) is 1. The lowest BCUT2D eigenvalue weighted by Gasteiger charge is -2.15. The summed E-state index contributed by atoms with van der Waals surface area (Å²) in [7, 11) is -3.62. The maximum absolute atomic E-state index is 12.0. The summed E-state index contributed by atoms with van der Waals surface area (Å²) in [5.41, 5.74) is 11.2. The topological polar surface area (TPSA) is 157 Å². The summed E-state index contributed by atoms with van der Waals surface area (Å²) >= 11 is 0. The number of aliphatic carboxylic acids is 1. The molecule has 30 heavy (non-hydrogen) atoms. The molecule has 9 nitrogen and oxygen atoms in total. The van der Waals surface area contributed by atoms with Crippen molar-refractivity contribution in [2.45, 2.75) is 57.9 Å². The molecule has 1 aromatic carbocycles. The van der Waals surface area contributed by atoms with E-state index in [-0.39, 0.29) is 18.1 Å². The van der Waals surface area contributed by atoms with Gasteiger partial charge in [0.15, 0.2) is 5.96 Å². The van der Waals surface area contributed by atoms with Crippen LogP contribution in [0.1, 0.15) is 51.0 Å². The molecule has 0 spiro atoms. The Balaban J connectivity index is 2.41. The Labute approximate surface area is 178 Å². The molecule has 0 saturated heterocycles. The van der Waals surface area contributed by atoms with Crippen molar-refractivity contribution in [3.8, 4) is 5.75 Å². The second-order valence-electron chi connectivity index (χ2n) is 7.10. The van der Waals surface area contributed by atoms with E-state index in [1.807, 2.05) is 6.92 Å². The smallest absolute Gasteiger partial charge is 0.322 e. The number of carboxylic acids is 1. The molecule has 0 amide bonds. The van der Waals surface area contributed by atoms with Crippen LogP contribution in [-0.4, -0.2) is 50.4 Å². The molecule has 10 heteroatoms. The molecule has 1 aromatic rings. The first-order valence-electron chi connectivity index (χ1n) is 10.2. The van der Waals surface area contributed by atoms with Crippen LogP contribution in [0.4, 0.5) is 0 Å². The third-order valence-electron chi connectivity index (χ3n) is 4.37. The summed E-state index contributed by atoms with van der Waals surface area (Å²) in [6, 6.07) is 5.83. The number of carboxylic acid groups (broad SMARTS) is 1. The average molecular weight is 443 g/mol. The fraction of sp³-hybridized carbons (Fsp3) is 0.600. The number of guanidine groups is 1. The molecular formula is C20H34N4O5S. The van der Waals surface area contributed by atoms with Crippen LogP contribution in [0.15, 0.2) is 29.3 Å². The Hall–Kier alpha value is -2.33. The van der Waals surface area contributed by atoms with E-state index in [9.17, 15) is 18.3 Å². The molecule has 0 aliphatic rings. The van der Waals surface area contributed by atoms with Crippen molar-refractivity contribution in [3.63, 3.8) is 0 Å². The van der Waals surface area contributed by atoms with Gasteiger partial charge in [-0.15, -0.1) is 0 Å². The third kappa shape index (κ3) is 11.6. The van der Waals surface area contributed by atoms with Crippen molar-refractivity contribution in [1.29, 1.82) is 0 Å². The number of hydrogen-bond acceptors (Lipinski definition) is 5. The van der Waals surface area contributed by atoms with E-state index in [2.05, 4.69) is 9.71 Å². The SMILES string of the molecule is CCCCS(=O)(=O)NC(Cc1ccc(OCCCCCCN=C(N)N)cc1)C(=O)O. The van der Waals surface area contributed by atoms with Crippen LogP contribution in [0.3, 0.4) is 0 Å². The van der Waals surface area contributed by atoms with Crippen LogP contribution in [-0.2, 0) is 21.2 Å². The van der Waals surface area contributed by atoms with Gasteiger partial charge in [0.1, 0.15) is 11.8 Å². The van der Waals surface area contributed by atoms with Gasteiger partial charge in [-0.1, -0.05) is 31.9 Å². The number of aliphatic imine (C=N–C) groups is 1. The quantitative estimate of drug-likeness (QED) is 0.172. The lowest BCUT2D eigenvalue weighted by atomic mass is 10.1. The Morgan fingerprint density at radius 2 is 1.80 bits per heavy atom. The van der Waals surface area contributed by atoms with Crippen molar-refractivity contribution in [3.05, 3.63) is 29.8 Å². The molecular weight excluding hydrogens is 408 g/mol. The summed E-state index contributed by atoms with van der Waals surface area (Å²) in [6.07, 6.45) is 5.14. The highest BCUT2D eigenvalue weighted by Crippen LogP contribution is 2.15. The van der Waals surface area contributed by atoms with Crippen LogP contribution in [0, 0.1) is 0 Å². The number of benzene rings is 1. The van der Waals surface area contributed by atoms with Gasteiger partial charge in [-0.25, -0.2) is 13.1 Å². The maximum atomic E-state index is 12.0. The Bertz CT molecular complexity index is 762. The lowest BCUT2D eigenvalue weighted by molar-refractivity contribution is -0.138. The van der Waals surface area contributed by atoms with E-state index in [1.165, 1.54) is 0 Å². The molecule has 170 valence electrons. The van der Waals surface area contributed by atoms with Gasteiger partial charge in [-0.3, -0.25) is 9.79 Å². The minimum Gasteiger partial charge on any atom is -0.494 e. The average Bonchev–Trinajstić information content (AvgIpc) is 2.68. The second kappa shape index (κ2) is 13.8. The van der Waals surface area contributed by atoms with Gasteiger partial charge in [0.05, 0.1) is 12.4 Å². The Morgan fingerprint density at radius 1 is 1.13 bits per heavy atom. The number of rotatable bonds is 16. The number of carbonyl (C=O) groups is 1. The van der Waals surface area contributed by atoms with E-state index in [0.717, 1.165) is 32.1 Å². The van der Waals surface area contributed by atoms with Gasteiger partial charge in [-0.05, 0) is 49.8 Å². The van der Waals surface area contributed by atoms with Crippen molar-refractivity contribution in [1.82, 2.24) is 4.72 Å². The minimum atomic E-state index is -3.62. The zero-order valence-electron chi connectivity index (χ0n) is 17.5. The fourth-order valence-electron chi connectivity index (χ4n) is 2.71. The molecule has 0 bridgehead atoms. The predicted octanol–water partition coefficient (Wildman–Crippen LogP) is 1.61. The largest absolute Gasteiger partial charge is 0.494 e. The van der Waals surface area contributed by atoms with Crippen molar-refractivity contribution < 1.29 is 23.1 Å². The monoisotopic (exact) mass is 442 g/mol. The minimum absolute atomic E-state index is 0.0662. The van der Waals surface area contributed by atoms with Crippen molar-refractivity contribution in [2.75, 3.05) is 18.9 Å². The van der Waals surface area contributed by atoms with Gasteiger partial charge in [-0.2, -0.15) is 0 Å². The van der Waals surface area contributed by atoms with Gasteiger partial charge in [0, 0.05) is 6.54 Å². The zero-order valence-corrected chi connectivity index (χ0v) is 18.4. The van der Waals surface area contributed by atoms with Crippen LogP contribution >= 0.6 is 0 Å². The van der Waals surface area contributed by atoms with Crippen LogP contribution in [0.2, 0.25) is 0 Å². The normalized spacial score (nSPS) is 12.3. The van der Waals surface area contributed by atoms with Gasteiger partial charge in [0.25, 0.3) is 0 Å². The number of nitrogens with two attached hydrogens (primary N) is 2. The molecule has 1 unspecified atom stereocenters. The van der Waals surface area contributed by atoms with E-state index >= 15 is 0 Å². The van der Waals surface area contributed by atoms with Crippen molar-refractivity contribution in [2.24, 2.45) is 16.5 Å². The summed E-state index contributed by atoms with van der Waals surface area (Å²) in [5.74, 6) is -0.468. The maximum Gasteiger partial charge on any atom is 0.322 e. The predicted molar refractivity (Wildman–Crippen MR) is 118 cm³/mol. The molecule has 1 atom stereocenters. The van der Waals surface area contributed by atoms with E-state index in [1.54, 1.807) is 24.3 Å². The second-order valence-corrected chi connectivity index (χ2v) is 8.97. The first-order chi connectivity index (χ1) is 14.2. The number of nitrogens with one attached hydrogen (secondary N) is 1. The summed E-state index contributed by atoms with van der Waals surface area (Å²) in [4.78, 5) is 15.4. The summed E-state index contributed by atoms with van der Waals surface area (Å²) in [6.45, 7) is 3.09. The highest BCUT2D eigenvalue weighted by molar-refractivity contribution is 7.89.